The first kappa shape index (κ1) is 16.4. The van der Waals surface area contributed by atoms with Gasteiger partial charge in [0.2, 0.25) is 5.91 Å². The molecule has 1 aliphatic rings. The van der Waals surface area contributed by atoms with Gasteiger partial charge in [0.25, 0.3) is 0 Å². The fourth-order valence-corrected chi connectivity index (χ4v) is 2.76. The molecule has 1 amide bonds. The zero-order chi connectivity index (χ0) is 16.8. The summed E-state index contributed by atoms with van der Waals surface area (Å²) in [6, 6.07) is 9.65. The Labute approximate surface area is 140 Å². The maximum atomic E-state index is 13.1. The summed E-state index contributed by atoms with van der Waals surface area (Å²) in [4.78, 5) is 18.2. The van der Waals surface area contributed by atoms with Gasteiger partial charge in [-0.05, 0) is 36.8 Å². The molecule has 2 aromatic rings. The Bertz CT molecular complexity index is 681. The van der Waals surface area contributed by atoms with Gasteiger partial charge in [0, 0.05) is 37.9 Å². The molecule has 1 aromatic carbocycles. The van der Waals surface area contributed by atoms with Crippen LogP contribution in [0.4, 0.5) is 10.1 Å². The second-order valence-corrected chi connectivity index (χ2v) is 5.83. The van der Waals surface area contributed by atoms with Crippen LogP contribution in [0.25, 0.3) is 0 Å². The molecule has 1 fully saturated rings. The molecule has 1 saturated heterocycles. The van der Waals surface area contributed by atoms with Crippen molar-refractivity contribution < 1.29 is 13.9 Å². The summed E-state index contributed by atoms with van der Waals surface area (Å²) in [5.74, 6) is 0.299. The van der Waals surface area contributed by atoms with Crippen molar-refractivity contribution in [2.45, 2.75) is 18.9 Å². The van der Waals surface area contributed by atoms with Crippen LogP contribution in [0.2, 0.25) is 0 Å². The van der Waals surface area contributed by atoms with E-state index in [9.17, 15) is 9.18 Å². The van der Waals surface area contributed by atoms with E-state index in [0.717, 1.165) is 25.3 Å². The molecule has 24 heavy (non-hydrogen) atoms. The summed E-state index contributed by atoms with van der Waals surface area (Å²) >= 11 is 0. The highest BCUT2D eigenvalue weighted by Crippen LogP contribution is 2.17. The van der Waals surface area contributed by atoms with Crippen LogP contribution in [0.1, 0.15) is 12.8 Å². The molecule has 1 unspecified atom stereocenters. The highest BCUT2D eigenvalue weighted by atomic mass is 19.1. The zero-order valence-corrected chi connectivity index (χ0v) is 13.3. The quantitative estimate of drug-likeness (QED) is 0.885. The Hall–Kier alpha value is -2.47. The number of hydrogen-bond acceptors (Lipinski definition) is 4. The van der Waals surface area contributed by atoms with Gasteiger partial charge in [-0.25, -0.2) is 4.39 Å². The largest absolute Gasteiger partial charge is 0.487 e. The van der Waals surface area contributed by atoms with Crippen molar-refractivity contribution in [2.24, 2.45) is 0 Å². The van der Waals surface area contributed by atoms with Crippen LogP contribution >= 0.6 is 0 Å². The third-order valence-electron chi connectivity index (χ3n) is 3.93. The van der Waals surface area contributed by atoms with Crippen molar-refractivity contribution >= 4 is 11.6 Å². The molecule has 0 aliphatic carbocycles. The SMILES string of the molecule is O=C(CCN1CCC(Oc2cccnc2)C1)Nc1cccc(F)c1. The van der Waals surface area contributed by atoms with Crippen LogP contribution < -0.4 is 10.1 Å². The van der Waals surface area contributed by atoms with Gasteiger partial charge in [-0.15, -0.1) is 0 Å². The third kappa shape index (κ3) is 4.76. The number of hydrogen-bond donors (Lipinski definition) is 1. The number of carbonyl (C=O) groups excluding carboxylic acids is 1. The first-order chi connectivity index (χ1) is 11.7. The van der Waals surface area contributed by atoms with Crippen LogP contribution in [0.15, 0.2) is 48.8 Å². The van der Waals surface area contributed by atoms with E-state index in [2.05, 4.69) is 15.2 Å². The van der Waals surface area contributed by atoms with E-state index in [-0.39, 0.29) is 17.8 Å². The van der Waals surface area contributed by atoms with E-state index >= 15 is 0 Å². The van der Waals surface area contributed by atoms with E-state index in [1.54, 1.807) is 24.5 Å². The molecule has 1 N–H and O–H groups in total. The first-order valence-electron chi connectivity index (χ1n) is 8.03. The number of anilines is 1. The summed E-state index contributed by atoms with van der Waals surface area (Å²) in [7, 11) is 0. The topological polar surface area (TPSA) is 54.5 Å². The lowest BCUT2D eigenvalue weighted by Crippen LogP contribution is -2.28. The minimum absolute atomic E-state index is 0.114. The molecule has 1 aromatic heterocycles. The predicted octanol–water partition coefficient (Wildman–Crippen LogP) is 2.70. The Morgan fingerprint density at radius 1 is 1.38 bits per heavy atom. The Balaban J connectivity index is 1.40. The number of carbonyl (C=O) groups is 1. The highest BCUT2D eigenvalue weighted by Gasteiger charge is 2.24. The normalized spacial score (nSPS) is 17.6. The standard InChI is InChI=1S/C18H20FN3O2/c19-14-3-1-4-15(11-14)21-18(23)7-10-22-9-6-17(13-22)24-16-5-2-8-20-12-16/h1-5,8,11-12,17H,6-7,9-10,13H2,(H,21,23). The first-order valence-corrected chi connectivity index (χ1v) is 8.03. The van der Waals surface area contributed by atoms with E-state index in [4.69, 9.17) is 4.74 Å². The number of benzene rings is 1. The van der Waals surface area contributed by atoms with E-state index in [1.165, 1.54) is 12.1 Å². The monoisotopic (exact) mass is 329 g/mol. The average Bonchev–Trinajstić information content (AvgIpc) is 3.01. The zero-order valence-electron chi connectivity index (χ0n) is 13.3. The summed E-state index contributed by atoms with van der Waals surface area (Å²) in [6.45, 7) is 2.36. The van der Waals surface area contributed by atoms with Gasteiger partial charge in [0.05, 0.1) is 6.20 Å². The molecule has 6 heteroatoms. The van der Waals surface area contributed by atoms with E-state index in [0.29, 0.717) is 18.7 Å². The van der Waals surface area contributed by atoms with Gasteiger partial charge in [-0.2, -0.15) is 0 Å². The maximum absolute atomic E-state index is 13.1. The summed E-state index contributed by atoms with van der Waals surface area (Å²) in [5.41, 5.74) is 0.485. The average molecular weight is 329 g/mol. The molecule has 0 saturated carbocycles. The van der Waals surface area contributed by atoms with Crippen LogP contribution in [-0.4, -0.2) is 41.5 Å². The van der Waals surface area contributed by atoms with Gasteiger partial charge in [-0.1, -0.05) is 6.07 Å². The summed E-state index contributed by atoms with van der Waals surface area (Å²) in [5, 5.41) is 2.71. The molecule has 1 aliphatic heterocycles. The highest BCUT2D eigenvalue weighted by molar-refractivity contribution is 5.90. The van der Waals surface area contributed by atoms with E-state index < -0.39 is 0 Å². The summed E-state index contributed by atoms with van der Waals surface area (Å²) < 4.78 is 19.0. The van der Waals surface area contributed by atoms with Crippen LogP contribution in [-0.2, 0) is 4.79 Å². The van der Waals surface area contributed by atoms with Gasteiger partial charge in [-0.3, -0.25) is 14.7 Å². The van der Waals surface area contributed by atoms with E-state index in [1.807, 2.05) is 12.1 Å². The van der Waals surface area contributed by atoms with Crippen molar-refractivity contribution in [3.63, 3.8) is 0 Å². The minimum atomic E-state index is -0.359. The lowest BCUT2D eigenvalue weighted by molar-refractivity contribution is -0.116. The minimum Gasteiger partial charge on any atom is -0.487 e. The molecule has 3 rings (SSSR count). The smallest absolute Gasteiger partial charge is 0.225 e. The number of likely N-dealkylation sites (tertiary alicyclic amines) is 1. The van der Waals surface area contributed by atoms with Crippen molar-refractivity contribution in [2.75, 3.05) is 25.0 Å². The van der Waals surface area contributed by atoms with Crippen molar-refractivity contribution in [1.29, 1.82) is 0 Å². The molecule has 2 heterocycles. The number of nitrogens with one attached hydrogen (secondary N) is 1. The lowest BCUT2D eigenvalue weighted by atomic mass is 10.3. The van der Waals surface area contributed by atoms with Crippen molar-refractivity contribution in [1.82, 2.24) is 9.88 Å². The molecule has 0 radical (unpaired) electrons. The maximum Gasteiger partial charge on any atom is 0.225 e. The number of aromatic nitrogens is 1. The third-order valence-corrected chi connectivity index (χ3v) is 3.93. The van der Waals surface area contributed by atoms with Crippen molar-refractivity contribution in [3.05, 3.63) is 54.6 Å². The van der Waals surface area contributed by atoms with Gasteiger partial charge < -0.3 is 10.1 Å². The molecule has 126 valence electrons. The molecule has 1 atom stereocenters. The molecule has 0 spiro atoms. The fraction of sp³-hybridized carbons (Fsp3) is 0.333. The number of amides is 1. The second kappa shape index (κ2) is 7.88. The molecular formula is C18H20FN3O2. The predicted molar refractivity (Wildman–Crippen MR) is 89.4 cm³/mol. The Kier molecular flexibility index (Phi) is 5.38. The molecule has 5 nitrogen and oxygen atoms in total. The van der Waals surface area contributed by atoms with Gasteiger partial charge >= 0.3 is 0 Å². The lowest BCUT2D eigenvalue weighted by Gasteiger charge is -2.16. The number of ether oxygens (including phenoxy) is 1. The number of pyridine rings is 1. The molecule has 0 bridgehead atoms. The van der Waals surface area contributed by atoms with Gasteiger partial charge in [0.15, 0.2) is 0 Å². The van der Waals surface area contributed by atoms with Gasteiger partial charge in [0.1, 0.15) is 17.7 Å². The summed E-state index contributed by atoms with van der Waals surface area (Å²) in [6.07, 6.45) is 4.84. The Morgan fingerprint density at radius 2 is 2.29 bits per heavy atom. The molecular weight excluding hydrogens is 309 g/mol. The Morgan fingerprint density at radius 3 is 3.08 bits per heavy atom. The number of halogens is 1. The fourth-order valence-electron chi connectivity index (χ4n) is 2.76. The second-order valence-electron chi connectivity index (χ2n) is 5.83. The number of nitrogens with zero attached hydrogens (tertiary/aromatic N) is 2. The van der Waals surface area contributed by atoms with Crippen LogP contribution in [0, 0.1) is 5.82 Å². The van der Waals surface area contributed by atoms with Crippen LogP contribution in [0.3, 0.4) is 0 Å². The van der Waals surface area contributed by atoms with Crippen LogP contribution in [0.5, 0.6) is 5.75 Å². The van der Waals surface area contributed by atoms with Crippen molar-refractivity contribution in [3.8, 4) is 5.75 Å². The number of rotatable bonds is 6.